The van der Waals surface area contributed by atoms with Crippen LogP contribution < -0.4 is 11.1 Å². The van der Waals surface area contributed by atoms with Crippen LogP contribution in [-0.4, -0.2) is 14.3 Å². The van der Waals surface area contributed by atoms with Crippen molar-refractivity contribution in [3.8, 4) is 0 Å². The van der Waals surface area contributed by atoms with Gasteiger partial charge in [-0.05, 0) is 0 Å². The number of rotatable bonds is 4. The number of nitrogens with one attached hydrogen (secondary N) is 1. The summed E-state index contributed by atoms with van der Waals surface area (Å²) in [6.45, 7) is 4.85. The van der Waals surface area contributed by atoms with E-state index in [0.717, 1.165) is 15.8 Å². The summed E-state index contributed by atoms with van der Waals surface area (Å²) in [5, 5.41) is 4.65. The predicted octanol–water partition coefficient (Wildman–Crippen LogP) is 2.31. The highest BCUT2D eigenvalue weighted by atomic mass is 32.1. The van der Waals surface area contributed by atoms with Gasteiger partial charge in [0.1, 0.15) is 5.82 Å². The summed E-state index contributed by atoms with van der Waals surface area (Å²) in [4.78, 5) is 9.46. The molecule has 86 valence electrons. The molecule has 0 bridgehead atoms. The zero-order chi connectivity index (χ0) is 11.5. The molecular formula is C9H13N5S2. The first-order chi connectivity index (χ1) is 7.65. The summed E-state index contributed by atoms with van der Waals surface area (Å²) in [5.41, 5.74) is 5.55. The van der Waals surface area contributed by atoms with Crippen LogP contribution in [0.15, 0.2) is 6.20 Å². The molecule has 0 saturated carbocycles. The maximum atomic E-state index is 5.55. The van der Waals surface area contributed by atoms with Gasteiger partial charge < -0.3 is 11.1 Å². The number of aromatic nitrogens is 3. The maximum absolute atomic E-state index is 5.55. The highest BCUT2D eigenvalue weighted by Crippen LogP contribution is 2.20. The fourth-order valence-corrected chi connectivity index (χ4v) is 2.43. The van der Waals surface area contributed by atoms with E-state index < -0.39 is 0 Å². The van der Waals surface area contributed by atoms with Crippen molar-refractivity contribution in [1.29, 1.82) is 0 Å². The summed E-state index contributed by atoms with van der Waals surface area (Å²) in [6.07, 6.45) is 1.78. The van der Waals surface area contributed by atoms with Crippen molar-refractivity contribution in [2.75, 3.05) is 11.1 Å². The normalized spacial score (nSPS) is 10.9. The van der Waals surface area contributed by atoms with Crippen molar-refractivity contribution < 1.29 is 0 Å². The van der Waals surface area contributed by atoms with Crippen molar-refractivity contribution in [2.24, 2.45) is 0 Å². The first-order valence-corrected chi connectivity index (χ1v) is 6.52. The Labute approximate surface area is 102 Å². The van der Waals surface area contributed by atoms with Gasteiger partial charge in [0, 0.05) is 28.5 Å². The molecule has 0 aliphatic heterocycles. The highest BCUT2D eigenvalue weighted by Gasteiger charge is 2.07. The lowest BCUT2D eigenvalue weighted by atomic mass is 10.2. The minimum Gasteiger partial charge on any atom is -0.375 e. The Balaban J connectivity index is 1.94. The molecule has 0 spiro atoms. The van der Waals surface area contributed by atoms with Crippen molar-refractivity contribution in [3.63, 3.8) is 0 Å². The van der Waals surface area contributed by atoms with E-state index >= 15 is 0 Å². The van der Waals surface area contributed by atoms with E-state index in [-0.39, 0.29) is 0 Å². The summed E-state index contributed by atoms with van der Waals surface area (Å²) >= 11 is 2.87. The van der Waals surface area contributed by atoms with Crippen LogP contribution in [-0.2, 0) is 6.54 Å². The fraction of sp³-hybridized carbons (Fsp3) is 0.444. The average molecular weight is 255 g/mol. The first kappa shape index (κ1) is 11.3. The molecular weight excluding hydrogens is 242 g/mol. The second-order valence-corrected chi connectivity index (χ2v) is 5.53. The molecule has 7 heteroatoms. The van der Waals surface area contributed by atoms with Gasteiger partial charge >= 0.3 is 0 Å². The molecule has 0 aliphatic carbocycles. The predicted molar refractivity (Wildman–Crippen MR) is 67.9 cm³/mol. The number of hydrogen-bond acceptors (Lipinski definition) is 7. The third kappa shape index (κ3) is 2.67. The van der Waals surface area contributed by atoms with E-state index in [1.165, 1.54) is 22.9 Å². The third-order valence-electron chi connectivity index (χ3n) is 1.94. The second-order valence-electron chi connectivity index (χ2n) is 3.63. The molecule has 0 fully saturated rings. The zero-order valence-corrected chi connectivity index (χ0v) is 10.7. The van der Waals surface area contributed by atoms with Crippen LogP contribution in [0, 0.1) is 0 Å². The fourth-order valence-electron chi connectivity index (χ4n) is 1.11. The topological polar surface area (TPSA) is 76.7 Å². The van der Waals surface area contributed by atoms with E-state index in [1.807, 2.05) is 0 Å². The van der Waals surface area contributed by atoms with E-state index in [9.17, 15) is 0 Å². The van der Waals surface area contributed by atoms with E-state index in [0.29, 0.717) is 17.6 Å². The largest absolute Gasteiger partial charge is 0.375 e. The molecule has 3 N–H and O–H groups in total. The Morgan fingerprint density at radius 3 is 2.88 bits per heavy atom. The number of hydrogen-bond donors (Lipinski definition) is 2. The van der Waals surface area contributed by atoms with Gasteiger partial charge in [0.25, 0.3) is 0 Å². The average Bonchev–Trinajstić information content (AvgIpc) is 2.83. The monoisotopic (exact) mass is 255 g/mol. The van der Waals surface area contributed by atoms with E-state index in [4.69, 9.17) is 5.73 Å². The number of anilines is 2. The zero-order valence-electron chi connectivity index (χ0n) is 9.10. The Morgan fingerprint density at radius 1 is 1.50 bits per heavy atom. The van der Waals surface area contributed by atoms with Crippen LogP contribution in [0.5, 0.6) is 0 Å². The van der Waals surface area contributed by atoms with Crippen LogP contribution in [0.1, 0.15) is 30.5 Å². The molecule has 16 heavy (non-hydrogen) atoms. The Kier molecular flexibility index (Phi) is 3.35. The highest BCUT2D eigenvalue weighted by molar-refractivity contribution is 7.15. The van der Waals surface area contributed by atoms with Gasteiger partial charge in [-0.3, -0.25) is 0 Å². The van der Waals surface area contributed by atoms with Crippen molar-refractivity contribution >= 4 is 33.1 Å². The lowest BCUT2D eigenvalue weighted by molar-refractivity contribution is 0.799. The lowest BCUT2D eigenvalue weighted by Gasteiger charge is -1.98. The molecule has 5 nitrogen and oxygen atoms in total. The molecule has 0 unspecified atom stereocenters. The van der Waals surface area contributed by atoms with Crippen LogP contribution in [0.3, 0.4) is 0 Å². The van der Waals surface area contributed by atoms with Crippen LogP contribution in [0.2, 0.25) is 0 Å². The lowest BCUT2D eigenvalue weighted by Crippen LogP contribution is -1.97. The SMILES string of the molecule is CC(C)c1nsc(NCc2cnc(N)s2)n1. The summed E-state index contributed by atoms with van der Waals surface area (Å²) in [7, 11) is 0. The van der Waals surface area contributed by atoms with Gasteiger partial charge in [0.05, 0.1) is 6.54 Å². The smallest absolute Gasteiger partial charge is 0.202 e. The number of thiazole rings is 1. The van der Waals surface area contributed by atoms with Gasteiger partial charge in [0.15, 0.2) is 5.13 Å². The standard InChI is InChI=1S/C9H13N5S2/c1-5(2)7-13-9(16-14-7)12-4-6-3-11-8(10)15-6/h3,5H,4H2,1-2H3,(H2,10,11)(H,12,13,14). The van der Waals surface area contributed by atoms with Gasteiger partial charge in [-0.25, -0.2) is 9.97 Å². The Bertz CT molecular complexity index is 462. The number of nitrogens with two attached hydrogens (primary N) is 1. The van der Waals surface area contributed by atoms with E-state index in [1.54, 1.807) is 6.20 Å². The van der Waals surface area contributed by atoms with Crippen LogP contribution >= 0.6 is 22.9 Å². The van der Waals surface area contributed by atoms with Crippen LogP contribution in [0.25, 0.3) is 0 Å². The molecule has 2 heterocycles. The van der Waals surface area contributed by atoms with Gasteiger partial charge in [-0.15, -0.1) is 11.3 Å². The first-order valence-electron chi connectivity index (χ1n) is 4.93. The van der Waals surface area contributed by atoms with E-state index in [2.05, 4.69) is 33.5 Å². The molecule has 2 aromatic heterocycles. The minimum atomic E-state index is 0.367. The number of nitrogen functional groups attached to an aromatic ring is 1. The maximum Gasteiger partial charge on any atom is 0.202 e. The summed E-state index contributed by atoms with van der Waals surface area (Å²) < 4.78 is 4.26. The molecule has 0 aliphatic rings. The molecule has 0 aromatic carbocycles. The molecule has 2 aromatic rings. The summed E-state index contributed by atoms with van der Waals surface area (Å²) in [5.74, 6) is 1.25. The van der Waals surface area contributed by atoms with Gasteiger partial charge in [-0.2, -0.15) is 4.37 Å². The minimum absolute atomic E-state index is 0.367. The van der Waals surface area contributed by atoms with Crippen molar-refractivity contribution in [1.82, 2.24) is 14.3 Å². The Morgan fingerprint density at radius 2 is 2.31 bits per heavy atom. The third-order valence-corrected chi connectivity index (χ3v) is 3.46. The van der Waals surface area contributed by atoms with Gasteiger partial charge in [0.2, 0.25) is 5.13 Å². The van der Waals surface area contributed by atoms with Crippen molar-refractivity contribution in [3.05, 3.63) is 16.9 Å². The second kappa shape index (κ2) is 4.75. The Hall–Kier alpha value is -1.21. The van der Waals surface area contributed by atoms with Gasteiger partial charge in [-0.1, -0.05) is 13.8 Å². The molecule has 0 atom stereocenters. The quantitative estimate of drug-likeness (QED) is 0.876. The van der Waals surface area contributed by atoms with Crippen LogP contribution in [0.4, 0.5) is 10.3 Å². The van der Waals surface area contributed by atoms with Crippen molar-refractivity contribution in [2.45, 2.75) is 26.3 Å². The number of nitrogens with zero attached hydrogens (tertiary/aromatic N) is 3. The summed E-state index contributed by atoms with van der Waals surface area (Å²) in [6, 6.07) is 0. The molecule has 0 radical (unpaired) electrons. The molecule has 0 saturated heterocycles. The molecule has 0 amide bonds. The molecule has 2 rings (SSSR count).